The van der Waals surface area contributed by atoms with Gasteiger partial charge in [0.2, 0.25) is 0 Å². The van der Waals surface area contributed by atoms with Crippen molar-refractivity contribution < 1.29 is 4.74 Å². The Morgan fingerprint density at radius 1 is 1.24 bits per heavy atom. The molecule has 8 nitrogen and oxygen atoms in total. The molecule has 5 rings (SSSR count). The van der Waals surface area contributed by atoms with Gasteiger partial charge in [-0.1, -0.05) is 5.21 Å². The summed E-state index contributed by atoms with van der Waals surface area (Å²) in [6.45, 7) is 6.37. The van der Waals surface area contributed by atoms with Crippen molar-refractivity contribution in [1.29, 1.82) is 0 Å². The van der Waals surface area contributed by atoms with E-state index in [1.54, 1.807) is 0 Å². The number of aromatic nitrogens is 6. The van der Waals surface area contributed by atoms with Crippen molar-refractivity contribution in [2.75, 3.05) is 24.7 Å². The molecule has 1 fully saturated rings. The third-order valence-electron chi connectivity index (χ3n) is 5.48. The first-order chi connectivity index (χ1) is 14.1. The summed E-state index contributed by atoms with van der Waals surface area (Å²) in [4.78, 5) is 15.0. The lowest BCUT2D eigenvalue weighted by molar-refractivity contribution is 0.0985. The number of morpholine rings is 1. The molecule has 0 aliphatic carbocycles. The fraction of sp³-hybridized carbons (Fsp3) is 0.333. The van der Waals surface area contributed by atoms with Crippen LogP contribution in [0.15, 0.2) is 36.7 Å². The Kier molecular flexibility index (Phi) is 4.28. The van der Waals surface area contributed by atoms with Crippen LogP contribution in [0.4, 0.5) is 5.82 Å². The summed E-state index contributed by atoms with van der Waals surface area (Å²) in [5, 5.41) is 9.48. The van der Waals surface area contributed by atoms with Crippen LogP contribution in [-0.4, -0.2) is 55.7 Å². The molecule has 0 saturated carbocycles. The minimum atomic E-state index is 0.259. The molecule has 0 amide bonds. The normalized spacial score (nSPS) is 17.2. The van der Waals surface area contributed by atoms with E-state index in [4.69, 9.17) is 9.72 Å². The zero-order chi connectivity index (χ0) is 20.0. The standard InChI is InChI=1S/C21H23N7O/c1-13-12-29-9-8-28(13)19-11-15(20-14(2)25-26-27(20)3)10-18(24-19)16-4-6-22-21-17(16)5-7-23-21/h4-7,10-11,13H,8-9,12H2,1-3H3,(H,22,23). The van der Waals surface area contributed by atoms with Crippen LogP contribution >= 0.6 is 0 Å². The number of H-pyrrole nitrogens is 1. The molecule has 8 heteroatoms. The highest BCUT2D eigenvalue weighted by atomic mass is 16.5. The van der Waals surface area contributed by atoms with Crippen LogP contribution in [-0.2, 0) is 11.8 Å². The zero-order valence-electron chi connectivity index (χ0n) is 16.8. The van der Waals surface area contributed by atoms with Crippen LogP contribution in [0.25, 0.3) is 33.5 Å². The second-order valence-corrected chi connectivity index (χ2v) is 7.46. The summed E-state index contributed by atoms with van der Waals surface area (Å²) < 4.78 is 7.45. The molecule has 1 unspecified atom stereocenters. The number of aryl methyl sites for hydroxylation is 2. The predicted octanol–water partition coefficient (Wildman–Crippen LogP) is 2.95. The number of pyridine rings is 2. The number of hydrogen-bond donors (Lipinski definition) is 1. The summed E-state index contributed by atoms with van der Waals surface area (Å²) in [5.41, 5.74) is 5.75. The first kappa shape index (κ1) is 17.8. The van der Waals surface area contributed by atoms with Gasteiger partial charge in [-0.2, -0.15) is 0 Å². The Morgan fingerprint density at radius 3 is 2.93 bits per heavy atom. The molecule has 4 aromatic heterocycles. The summed E-state index contributed by atoms with van der Waals surface area (Å²) in [6.07, 6.45) is 3.72. The highest BCUT2D eigenvalue weighted by molar-refractivity contribution is 5.92. The number of anilines is 1. The average molecular weight is 389 g/mol. The maximum absolute atomic E-state index is 5.63. The number of nitrogens with one attached hydrogen (secondary N) is 1. The van der Waals surface area contributed by atoms with Gasteiger partial charge in [0.15, 0.2) is 0 Å². The first-order valence-electron chi connectivity index (χ1n) is 9.77. The van der Waals surface area contributed by atoms with E-state index >= 15 is 0 Å². The fourth-order valence-corrected chi connectivity index (χ4v) is 4.05. The lowest BCUT2D eigenvalue weighted by Crippen LogP contribution is -2.44. The first-order valence-corrected chi connectivity index (χ1v) is 9.77. The van der Waals surface area contributed by atoms with Gasteiger partial charge < -0.3 is 14.6 Å². The maximum atomic E-state index is 5.63. The van der Waals surface area contributed by atoms with Crippen LogP contribution < -0.4 is 4.90 Å². The van der Waals surface area contributed by atoms with Crippen molar-refractivity contribution in [3.63, 3.8) is 0 Å². The molecule has 0 spiro atoms. The van der Waals surface area contributed by atoms with E-state index in [-0.39, 0.29) is 6.04 Å². The molecular formula is C21H23N7O. The highest BCUT2D eigenvalue weighted by Gasteiger charge is 2.23. The zero-order valence-corrected chi connectivity index (χ0v) is 16.8. The minimum Gasteiger partial charge on any atom is -0.377 e. The largest absolute Gasteiger partial charge is 0.377 e. The highest BCUT2D eigenvalue weighted by Crippen LogP contribution is 2.33. The Hall–Kier alpha value is -3.26. The Balaban J connectivity index is 1.73. The second kappa shape index (κ2) is 6.97. The second-order valence-electron chi connectivity index (χ2n) is 7.46. The molecule has 1 atom stereocenters. The van der Waals surface area contributed by atoms with E-state index < -0.39 is 0 Å². The van der Waals surface area contributed by atoms with Crippen molar-refractivity contribution in [3.05, 3.63) is 42.4 Å². The summed E-state index contributed by atoms with van der Waals surface area (Å²) >= 11 is 0. The molecule has 1 saturated heterocycles. The van der Waals surface area contributed by atoms with Crippen molar-refractivity contribution in [2.45, 2.75) is 19.9 Å². The number of nitrogens with zero attached hydrogens (tertiary/aromatic N) is 6. The average Bonchev–Trinajstić information content (AvgIpc) is 3.34. The van der Waals surface area contributed by atoms with E-state index in [1.807, 2.05) is 43.2 Å². The SMILES string of the molecule is Cc1nnn(C)c1-c1cc(-c2ccnc3[nH]ccc23)nc(N2CCOCC2C)c1. The van der Waals surface area contributed by atoms with E-state index in [0.29, 0.717) is 13.2 Å². The van der Waals surface area contributed by atoms with E-state index in [9.17, 15) is 0 Å². The predicted molar refractivity (Wildman–Crippen MR) is 112 cm³/mol. The fourth-order valence-electron chi connectivity index (χ4n) is 4.05. The molecule has 0 radical (unpaired) electrons. The molecule has 1 aliphatic heterocycles. The molecule has 1 N–H and O–H groups in total. The molecule has 0 bridgehead atoms. The minimum absolute atomic E-state index is 0.259. The number of aromatic amines is 1. The molecule has 0 aromatic carbocycles. The molecular weight excluding hydrogens is 366 g/mol. The molecule has 4 aromatic rings. The summed E-state index contributed by atoms with van der Waals surface area (Å²) in [5.74, 6) is 0.939. The van der Waals surface area contributed by atoms with E-state index in [1.165, 1.54) is 0 Å². The van der Waals surface area contributed by atoms with Gasteiger partial charge in [-0.3, -0.25) is 0 Å². The van der Waals surface area contributed by atoms with Gasteiger partial charge in [-0.25, -0.2) is 14.6 Å². The van der Waals surface area contributed by atoms with Gasteiger partial charge in [0.1, 0.15) is 11.5 Å². The maximum Gasteiger partial charge on any atom is 0.137 e. The third-order valence-corrected chi connectivity index (χ3v) is 5.48. The number of fused-ring (bicyclic) bond motifs is 1. The molecule has 5 heterocycles. The third kappa shape index (κ3) is 3.05. The van der Waals surface area contributed by atoms with Gasteiger partial charge in [0.05, 0.1) is 36.3 Å². The van der Waals surface area contributed by atoms with Gasteiger partial charge in [-0.05, 0) is 38.1 Å². The van der Waals surface area contributed by atoms with Gasteiger partial charge in [0, 0.05) is 42.5 Å². The van der Waals surface area contributed by atoms with Crippen molar-refractivity contribution in [3.8, 4) is 22.5 Å². The van der Waals surface area contributed by atoms with Crippen LogP contribution in [0.3, 0.4) is 0 Å². The molecule has 148 valence electrons. The van der Waals surface area contributed by atoms with E-state index in [0.717, 1.165) is 51.6 Å². The quantitative estimate of drug-likeness (QED) is 0.580. The summed E-state index contributed by atoms with van der Waals surface area (Å²) in [6, 6.07) is 8.56. The number of ether oxygens (including phenoxy) is 1. The number of rotatable bonds is 3. The Bertz CT molecular complexity index is 1160. The molecule has 29 heavy (non-hydrogen) atoms. The lowest BCUT2D eigenvalue weighted by Gasteiger charge is -2.34. The van der Waals surface area contributed by atoms with Crippen LogP contribution in [0.1, 0.15) is 12.6 Å². The van der Waals surface area contributed by atoms with Crippen LogP contribution in [0.2, 0.25) is 0 Å². The monoisotopic (exact) mass is 389 g/mol. The topological polar surface area (TPSA) is 84.8 Å². The van der Waals surface area contributed by atoms with Crippen molar-refractivity contribution in [1.82, 2.24) is 29.9 Å². The molecule has 1 aliphatic rings. The lowest BCUT2D eigenvalue weighted by atomic mass is 10.0. The van der Waals surface area contributed by atoms with Crippen molar-refractivity contribution in [2.24, 2.45) is 7.05 Å². The van der Waals surface area contributed by atoms with E-state index in [2.05, 4.69) is 44.2 Å². The van der Waals surface area contributed by atoms with Crippen LogP contribution in [0, 0.1) is 6.92 Å². The van der Waals surface area contributed by atoms with Crippen LogP contribution in [0.5, 0.6) is 0 Å². The Morgan fingerprint density at radius 2 is 2.14 bits per heavy atom. The van der Waals surface area contributed by atoms with Gasteiger partial charge in [0.25, 0.3) is 0 Å². The van der Waals surface area contributed by atoms with Gasteiger partial charge >= 0.3 is 0 Å². The Labute approximate surface area is 168 Å². The van der Waals surface area contributed by atoms with Gasteiger partial charge in [-0.15, -0.1) is 5.10 Å². The summed E-state index contributed by atoms with van der Waals surface area (Å²) in [7, 11) is 1.92. The number of hydrogen-bond acceptors (Lipinski definition) is 6. The van der Waals surface area contributed by atoms with Crippen molar-refractivity contribution >= 4 is 16.9 Å². The smallest absolute Gasteiger partial charge is 0.137 e.